The minimum atomic E-state index is -0.461. The highest BCUT2D eigenvalue weighted by molar-refractivity contribution is 6.36. The van der Waals surface area contributed by atoms with E-state index in [1.54, 1.807) is 36.4 Å². The number of rotatable bonds is 4. The van der Waals surface area contributed by atoms with Crippen molar-refractivity contribution in [3.05, 3.63) is 153 Å². The predicted octanol–water partition coefficient (Wildman–Crippen LogP) is 9.33. The maximum atomic E-state index is 14.8. The lowest BCUT2D eigenvalue weighted by Crippen LogP contribution is -2.31. The zero-order valence-electron chi connectivity index (χ0n) is 28.8. The Morgan fingerprint density at radius 3 is 1.40 bits per heavy atom. The molecule has 2 heterocycles. The van der Waals surface area contributed by atoms with Crippen LogP contribution in [-0.2, 0) is 0 Å². The number of anilines is 1. The number of fused-ring (bicyclic) bond motifs is 4. The predicted molar refractivity (Wildman–Crippen MR) is 202 cm³/mol. The van der Waals surface area contributed by atoms with Gasteiger partial charge in [-0.1, -0.05) is 60.2 Å². The monoisotopic (exact) mass is 682 g/mol. The Kier molecular flexibility index (Phi) is 7.48. The van der Waals surface area contributed by atoms with Crippen LogP contribution in [0, 0.1) is 66.1 Å². The van der Waals surface area contributed by atoms with Gasteiger partial charge in [0.05, 0.1) is 80.1 Å². The van der Waals surface area contributed by atoms with Gasteiger partial charge in [0.2, 0.25) is 0 Å². The Labute approximate surface area is 304 Å². The van der Waals surface area contributed by atoms with Gasteiger partial charge in [-0.15, -0.1) is 0 Å². The van der Waals surface area contributed by atoms with Gasteiger partial charge in [0.15, 0.2) is 0 Å². The number of aryl methyl sites for hydroxylation is 3. The highest BCUT2D eigenvalue weighted by Crippen LogP contribution is 2.45. The lowest BCUT2D eigenvalue weighted by Gasteiger charge is -2.20. The summed E-state index contributed by atoms with van der Waals surface area (Å²) in [5.74, 6) is -0.888. The average molecular weight is 683 g/mol. The van der Waals surface area contributed by atoms with E-state index in [2.05, 4.69) is 24.3 Å². The molecule has 2 amide bonds. The molecule has 8 nitrogen and oxygen atoms in total. The van der Waals surface area contributed by atoms with E-state index in [9.17, 15) is 30.6 Å². The van der Waals surface area contributed by atoms with E-state index in [1.165, 1.54) is 17.0 Å². The number of aromatic nitrogens is 1. The van der Waals surface area contributed by atoms with Crippen LogP contribution in [-0.4, -0.2) is 16.4 Å². The molecule has 0 atom stereocenters. The van der Waals surface area contributed by atoms with Crippen molar-refractivity contribution < 1.29 is 9.59 Å². The van der Waals surface area contributed by atoms with Crippen LogP contribution in [0.2, 0.25) is 0 Å². The van der Waals surface area contributed by atoms with Gasteiger partial charge >= 0.3 is 0 Å². The third-order valence-corrected chi connectivity index (χ3v) is 9.81. The van der Waals surface area contributed by atoms with Crippen molar-refractivity contribution >= 4 is 39.3 Å². The van der Waals surface area contributed by atoms with Gasteiger partial charge in [-0.3, -0.25) is 9.59 Å². The van der Waals surface area contributed by atoms with E-state index in [1.807, 2.05) is 79.9 Å². The minimum absolute atomic E-state index is 0.229. The molecular weight excluding hydrogens is 657 g/mol. The van der Waals surface area contributed by atoms with Crippen LogP contribution in [0.4, 0.5) is 5.69 Å². The fraction of sp³-hybridized carbons (Fsp3) is 0.0667. The fourth-order valence-electron chi connectivity index (χ4n) is 7.83. The third-order valence-electron chi connectivity index (χ3n) is 9.81. The van der Waals surface area contributed by atoms with Crippen molar-refractivity contribution in [3.8, 4) is 52.2 Å². The molecule has 0 aliphatic carbocycles. The highest BCUT2D eigenvalue weighted by Gasteiger charge is 2.41. The zero-order valence-corrected chi connectivity index (χ0v) is 28.8. The van der Waals surface area contributed by atoms with E-state index >= 15 is 0 Å². The first-order valence-corrected chi connectivity index (χ1v) is 16.7. The number of imide groups is 1. The SMILES string of the molecule is Cc1cc(C)c(N2C(=O)c3cccc(-n4c5c(-c6cc(C#N)cc(C#N)c6)cccc5c5cccc(-c6cc(C#N)cc(C#N)c6)c54)c3C2=O)c(C)c1. The first kappa shape index (κ1) is 32.4. The molecule has 248 valence electrons. The Bertz CT molecular complexity index is 2760. The van der Waals surface area contributed by atoms with E-state index in [4.69, 9.17) is 0 Å². The van der Waals surface area contributed by atoms with Crippen LogP contribution in [0.15, 0.2) is 103 Å². The highest BCUT2D eigenvalue weighted by atomic mass is 16.2. The molecule has 1 aliphatic rings. The molecule has 6 aromatic carbocycles. The molecule has 1 aliphatic heterocycles. The number of benzene rings is 6. The lowest BCUT2D eigenvalue weighted by atomic mass is 9.97. The van der Waals surface area contributed by atoms with Crippen LogP contribution in [0.25, 0.3) is 49.7 Å². The molecule has 0 saturated heterocycles. The first-order chi connectivity index (χ1) is 25.7. The summed E-state index contributed by atoms with van der Waals surface area (Å²) < 4.78 is 1.97. The van der Waals surface area contributed by atoms with Crippen molar-refractivity contribution in [3.63, 3.8) is 0 Å². The maximum absolute atomic E-state index is 14.8. The van der Waals surface area contributed by atoms with E-state index in [-0.39, 0.29) is 11.1 Å². The van der Waals surface area contributed by atoms with Gasteiger partial charge in [0.25, 0.3) is 11.8 Å². The number of nitriles is 4. The molecule has 0 N–H and O–H groups in total. The molecule has 0 bridgehead atoms. The Morgan fingerprint density at radius 1 is 0.509 bits per heavy atom. The molecule has 7 aromatic rings. The second-order valence-electron chi connectivity index (χ2n) is 13.2. The van der Waals surface area contributed by atoms with E-state index in [0.29, 0.717) is 66.9 Å². The molecular formula is C45H26N6O2. The number of carbonyl (C=O) groups is 2. The molecule has 0 spiro atoms. The van der Waals surface area contributed by atoms with Crippen molar-refractivity contribution in [2.45, 2.75) is 20.8 Å². The quantitative estimate of drug-likeness (QED) is 0.170. The van der Waals surface area contributed by atoms with Crippen LogP contribution in [0.1, 0.15) is 59.7 Å². The summed E-state index contributed by atoms with van der Waals surface area (Å²) in [5, 5.41) is 41.2. The molecule has 8 heteroatoms. The number of para-hydroxylation sites is 2. The van der Waals surface area contributed by atoms with Gasteiger partial charge in [-0.25, -0.2) is 4.90 Å². The second kappa shape index (κ2) is 12.2. The van der Waals surface area contributed by atoms with Crippen LogP contribution >= 0.6 is 0 Å². The number of amides is 2. The second-order valence-corrected chi connectivity index (χ2v) is 13.2. The van der Waals surface area contributed by atoms with Crippen molar-refractivity contribution in [2.24, 2.45) is 0 Å². The summed E-state index contributed by atoms with van der Waals surface area (Å²) in [4.78, 5) is 30.3. The number of nitrogens with zero attached hydrogens (tertiary/aromatic N) is 6. The first-order valence-electron chi connectivity index (χ1n) is 16.7. The van der Waals surface area contributed by atoms with Crippen LogP contribution in [0.5, 0.6) is 0 Å². The smallest absolute Gasteiger partial charge is 0.268 e. The molecule has 53 heavy (non-hydrogen) atoms. The summed E-state index contributed by atoms with van der Waals surface area (Å²) in [7, 11) is 0. The molecule has 0 fully saturated rings. The standard InChI is InChI=1S/C45H26N6O2/c1-25-13-26(2)41(27(3)14-25)51-44(52)38-11-6-12-39(40(38)45(51)53)50-42-34(32-17-28(21-46)15-29(18-32)22-47)7-4-9-36(42)37-10-5-8-35(43(37)50)33-19-30(23-48)16-31(20-33)24-49/h4-20H,1-3H3. The third kappa shape index (κ3) is 4.95. The van der Waals surface area contributed by atoms with Crippen molar-refractivity contribution in [2.75, 3.05) is 4.90 Å². The zero-order chi connectivity index (χ0) is 37.1. The van der Waals surface area contributed by atoms with Gasteiger partial charge in [0, 0.05) is 21.9 Å². The van der Waals surface area contributed by atoms with E-state index < -0.39 is 11.8 Å². The summed E-state index contributed by atoms with van der Waals surface area (Å²) in [5.41, 5.74) is 9.38. The molecule has 0 saturated carbocycles. The Hall–Kier alpha value is -7.78. The largest absolute Gasteiger partial charge is 0.307 e. The maximum Gasteiger partial charge on any atom is 0.268 e. The molecule has 0 unspecified atom stereocenters. The van der Waals surface area contributed by atoms with E-state index in [0.717, 1.165) is 27.5 Å². The average Bonchev–Trinajstić information content (AvgIpc) is 3.64. The number of hydrogen-bond donors (Lipinski definition) is 0. The molecule has 1 aromatic heterocycles. The fourth-order valence-corrected chi connectivity index (χ4v) is 7.83. The number of hydrogen-bond acceptors (Lipinski definition) is 6. The summed E-state index contributed by atoms with van der Waals surface area (Å²) in [6, 6.07) is 39.3. The molecule has 8 rings (SSSR count). The van der Waals surface area contributed by atoms with Gasteiger partial charge in [-0.2, -0.15) is 21.0 Å². The normalized spacial score (nSPS) is 12.0. The Balaban J connectivity index is 1.53. The summed E-state index contributed by atoms with van der Waals surface area (Å²) in [6.45, 7) is 5.75. The van der Waals surface area contributed by atoms with Crippen LogP contribution in [0.3, 0.4) is 0 Å². The lowest BCUT2D eigenvalue weighted by molar-refractivity contribution is 0.0925. The molecule has 0 radical (unpaired) electrons. The van der Waals surface area contributed by atoms with Gasteiger partial charge < -0.3 is 4.57 Å². The summed E-state index contributed by atoms with van der Waals surface area (Å²) in [6.07, 6.45) is 0. The number of carbonyl (C=O) groups excluding carboxylic acids is 2. The minimum Gasteiger partial charge on any atom is -0.307 e. The Morgan fingerprint density at radius 2 is 0.943 bits per heavy atom. The van der Waals surface area contributed by atoms with Crippen molar-refractivity contribution in [1.29, 1.82) is 21.0 Å². The van der Waals surface area contributed by atoms with Gasteiger partial charge in [-0.05, 0) is 91.6 Å². The van der Waals surface area contributed by atoms with Crippen molar-refractivity contribution in [1.82, 2.24) is 4.57 Å². The van der Waals surface area contributed by atoms with Gasteiger partial charge in [0.1, 0.15) is 0 Å². The summed E-state index contributed by atoms with van der Waals surface area (Å²) >= 11 is 0. The van der Waals surface area contributed by atoms with Crippen LogP contribution < -0.4 is 4.90 Å². The topological polar surface area (TPSA) is 137 Å².